The molecular weight excluding hydrogens is 190 g/mol. The fourth-order valence-corrected chi connectivity index (χ4v) is 2.56. The Morgan fingerprint density at radius 3 is 3.13 bits per heavy atom. The highest BCUT2D eigenvalue weighted by Gasteiger charge is 2.42. The molecule has 0 radical (unpaired) electrons. The molecule has 1 saturated heterocycles. The van der Waals surface area contributed by atoms with Crippen LogP contribution in [0.25, 0.3) is 0 Å². The minimum atomic E-state index is 0.198. The number of benzene rings is 1. The van der Waals surface area contributed by atoms with Crippen molar-refractivity contribution in [1.82, 2.24) is 0 Å². The van der Waals surface area contributed by atoms with Crippen molar-refractivity contribution in [2.24, 2.45) is 0 Å². The molecule has 1 aromatic carbocycles. The van der Waals surface area contributed by atoms with Crippen LogP contribution in [0.2, 0.25) is 0 Å². The molecule has 80 valence electrons. The Bertz CT molecular complexity index is 383. The smallest absolute Gasteiger partial charge is 0.119 e. The Hall–Kier alpha value is -1.22. The average molecular weight is 205 g/mol. The Morgan fingerprint density at radius 2 is 2.40 bits per heavy atom. The molecule has 0 bridgehead atoms. The van der Waals surface area contributed by atoms with E-state index < -0.39 is 0 Å². The second kappa shape index (κ2) is 3.14. The van der Waals surface area contributed by atoms with Crippen LogP contribution >= 0.6 is 0 Å². The molecule has 1 aromatic rings. The van der Waals surface area contributed by atoms with Crippen LogP contribution in [0.4, 0.5) is 5.69 Å². The Balaban J connectivity index is 2.07. The summed E-state index contributed by atoms with van der Waals surface area (Å²) in [7, 11) is 1.71. The van der Waals surface area contributed by atoms with E-state index in [0.29, 0.717) is 0 Å². The van der Waals surface area contributed by atoms with Gasteiger partial charge in [0.1, 0.15) is 5.75 Å². The first-order valence-corrected chi connectivity index (χ1v) is 5.34. The molecule has 0 aliphatic carbocycles. The summed E-state index contributed by atoms with van der Waals surface area (Å²) in [4.78, 5) is 0. The minimum Gasteiger partial charge on any atom is -0.497 e. The summed E-state index contributed by atoms with van der Waals surface area (Å²) < 4.78 is 10.8. The SMILES string of the molecule is COc1ccc2c(c1)C1(CCOC1)CN2. The van der Waals surface area contributed by atoms with Gasteiger partial charge in [0.05, 0.1) is 13.7 Å². The van der Waals surface area contributed by atoms with E-state index in [2.05, 4.69) is 17.4 Å². The van der Waals surface area contributed by atoms with Crippen molar-refractivity contribution in [2.45, 2.75) is 11.8 Å². The van der Waals surface area contributed by atoms with E-state index in [9.17, 15) is 0 Å². The number of hydrogen-bond acceptors (Lipinski definition) is 3. The van der Waals surface area contributed by atoms with Gasteiger partial charge < -0.3 is 14.8 Å². The first-order valence-electron chi connectivity index (χ1n) is 5.34. The van der Waals surface area contributed by atoms with E-state index in [1.165, 1.54) is 11.3 Å². The summed E-state index contributed by atoms with van der Waals surface area (Å²) in [6, 6.07) is 6.24. The Kier molecular flexibility index (Phi) is 1.89. The first-order chi connectivity index (χ1) is 7.34. The average Bonchev–Trinajstić information content (AvgIpc) is 2.89. The zero-order valence-corrected chi connectivity index (χ0v) is 8.88. The minimum absolute atomic E-state index is 0.198. The lowest BCUT2D eigenvalue weighted by Crippen LogP contribution is -2.28. The van der Waals surface area contributed by atoms with Gasteiger partial charge in [-0.1, -0.05) is 0 Å². The van der Waals surface area contributed by atoms with E-state index in [4.69, 9.17) is 9.47 Å². The number of anilines is 1. The lowest BCUT2D eigenvalue weighted by molar-refractivity contribution is 0.181. The molecule has 1 fully saturated rings. The molecule has 1 unspecified atom stereocenters. The highest BCUT2D eigenvalue weighted by atomic mass is 16.5. The molecule has 1 spiro atoms. The van der Waals surface area contributed by atoms with Crippen LogP contribution in [0, 0.1) is 0 Å². The van der Waals surface area contributed by atoms with Gasteiger partial charge in [0.2, 0.25) is 0 Å². The van der Waals surface area contributed by atoms with Crippen molar-refractivity contribution in [1.29, 1.82) is 0 Å². The summed E-state index contributed by atoms with van der Waals surface area (Å²) in [6.45, 7) is 2.70. The van der Waals surface area contributed by atoms with Gasteiger partial charge in [-0.25, -0.2) is 0 Å². The molecule has 3 heteroatoms. The molecule has 1 atom stereocenters. The summed E-state index contributed by atoms with van der Waals surface area (Å²) in [5.74, 6) is 0.934. The molecule has 2 aliphatic rings. The Morgan fingerprint density at radius 1 is 1.47 bits per heavy atom. The van der Waals surface area contributed by atoms with E-state index >= 15 is 0 Å². The molecular formula is C12H15NO2. The fourth-order valence-electron chi connectivity index (χ4n) is 2.56. The molecule has 0 amide bonds. The summed E-state index contributed by atoms with van der Waals surface area (Å²) >= 11 is 0. The molecule has 2 aliphatic heterocycles. The van der Waals surface area contributed by atoms with Crippen LogP contribution in [0.15, 0.2) is 18.2 Å². The van der Waals surface area contributed by atoms with Gasteiger partial charge in [-0.05, 0) is 30.2 Å². The zero-order valence-electron chi connectivity index (χ0n) is 8.88. The van der Waals surface area contributed by atoms with Crippen molar-refractivity contribution >= 4 is 5.69 Å². The lowest BCUT2D eigenvalue weighted by Gasteiger charge is -2.20. The van der Waals surface area contributed by atoms with Crippen molar-refractivity contribution < 1.29 is 9.47 Å². The van der Waals surface area contributed by atoms with E-state index in [-0.39, 0.29) is 5.41 Å². The predicted molar refractivity (Wildman–Crippen MR) is 58.6 cm³/mol. The standard InChI is InChI=1S/C12H15NO2/c1-14-9-2-3-11-10(6-9)12(7-13-11)4-5-15-8-12/h2-3,6,13H,4-5,7-8H2,1H3. The molecule has 0 saturated carbocycles. The van der Waals surface area contributed by atoms with Gasteiger partial charge in [-0.3, -0.25) is 0 Å². The van der Waals surface area contributed by atoms with E-state index in [1.807, 2.05) is 6.07 Å². The number of fused-ring (bicyclic) bond motifs is 2. The molecule has 3 rings (SSSR count). The van der Waals surface area contributed by atoms with Crippen molar-refractivity contribution in [3.05, 3.63) is 23.8 Å². The van der Waals surface area contributed by atoms with Gasteiger partial charge in [0.25, 0.3) is 0 Å². The number of rotatable bonds is 1. The van der Waals surface area contributed by atoms with E-state index in [1.54, 1.807) is 7.11 Å². The largest absolute Gasteiger partial charge is 0.497 e. The normalized spacial score (nSPS) is 27.8. The predicted octanol–water partition coefficient (Wildman–Crippen LogP) is 1.78. The van der Waals surface area contributed by atoms with Crippen LogP contribution in [-0.4, -0.2) is 26.9 Å². The molecule has 0 aromatic heterocycles. The highest BCUT2D eigenvalue weighted by molar-refractivity contribution is 5.63. The van der Waals surface area contributed by atoms with Gasteiger partial charge in [0, 0.05) is 24.3 Å². The van der Waals surface area contributed by atoms with Crippen LogP contribution < -0.4 is 10.1 Å². The van der Waals surface area contributed by atoms with Gasteiger partial charge in [-0.15, -0.1) is 0 Å². The topological polar surface area (TPSA) is 30.5 Å². The third-order valence-electron chi connectivity index (χ3n) is 3.52. The fraction of sp³-hybridized carbons (Fsp3) is 0.500. The van der Waals surface area contributed by atoms with Crippen molar-refractivity contribution in [3.8, 4) is 5.75 Å². The summed E-state index contributed by atoms with van der Waals surface area (Å²) in [5, 5.41) is 3.45. The number of hydrogen-bond donors (Lipinski definition) is 1. The molecule has 2 heterocycles. The Labute approximate surface area is 89.4 Å². The summed E-state index contributed by atoms with van der Waals surface area (Å²) in [6.07, 6.45) is 1.11. The summed E-state index contributed by atoms with van der Waals surface area (Å²) in [5.41, 5.74) is 2.80. The molecule has 1 N–H and O–H groups in total. The number of ether oxygens (including phenoxy) is 2. The van der Waals surface area contributed by atoms with Gasteiger partial charge in [0.15, 0.2) is 0 Å². The molecule has 3 nitrogen and oxygen atoms in total. The lowest BCUT2D eigenvalue weighted by atomic mass is 9.82. The van der Waals surface area contributed by atoms with Crippen LogP contribution in [-0.2, 0) is 10.2 Å². The third kappa shape index (κ3) is 1.23. The quantitative estimate of drug-likeness (QED) is 0.758. The maximum atomic E-state index is 5.53. The molecule has 15 heavy (non-hydrogen) atoms. The maximum absolute atomic E-state index is 5.53. The van der Waals surface area contributed by atoms with Crippen molar-refractivity contribution in [3.63, 3.8) is 0 Å². The van der Waals surface area contributed by atoms with E-state index in [0.717, 1.165) is 31.9 Å². The number of methoxy groups -OCH3 is 1. The monoisotopic (exact) mass is 205 g/mol. The van der Waals surface area contributed by atoms with Crippen LogP contribution in [0.1, 0.15) is 12.0 Å². The highest BCUT2D eigenvalue weighted by Crippen LogP contribution is 2.43. The third-order valence-corrected chi connectivity index (χ3v) is 3.52. The maximum Gasteiger partial charge on any atom is 0.119 e. The van der Waals surface area contributed by atoms with Crippen LogP contribution in [0.3, 0.4) is 0 Å². The second-order valence-corrected chi connectivity index (χ2v) is 4.35. The first kappa shape index (κ1) is 9.04. The zero-order chi connectivity index (χ0) is 10.3. The van der Waals surface area contributed by atoms with Gasteiger partial charge in [-0.2, -0.15) is 0 Å². The van der Waals surface area contributed by atoms with Crippen LogP contribution in [0.5, 0.6) is 5.75 Å². The second-order valence-electron chi connectivity index (χ2n) is 4.35. The van der Waals surface area contributed by atoms with Crippen molar-refractivity contribution in [2.75, 3.05) is 32.2 Å². The van der Waals surface area contributed by atoms with Gasteiger partial charge >= 0.3 is 0 Å². The number of nitrogens with one attached hydrogen (secondary N) is 1.